The lowest BCUT2D eigenvalue weighted by molar-refractivity contribution is -0.354. The third-order valence-corrected chi connectivity index (χ3v) is 15.0. The van der Waals surface area contributed by atoms with Crippen molar-refractivity contribution in [3.63, 3.8) is 0 Å². The number of fused-ring (bicyclic) bond motifs is 2. The standard InChI is InChI=1S/C48H74O15/c1-11-24(2)43-28(6)35(49)22-47(63-43)21-33-18-32(62-47)16-15-26(4)42(25(3)13-12-14-31-23-56-45-40(50)27(5)17-34(46(52)59-33)48(31,45)53)60-39-20-37(55-10)44(30(8)58-39)61-38-19-36(54-9)41(51)29(7)57-38/h12-15,17,24-25,28-30,32-45,49-51,53H,11,16,18-23H2,1-10H3/b13-12+,26-15+,31-14?/t24-,25-,28-,29-,30-,32+,33-,34-,35-,36-,37-,38-,39-,40+,41-,42-,43+,44-,45+,47-,48+/m0/s1. The first-order chi connectivity index (χ1) is 29.9. The van der Waals surface area contributed by atoms with Gasteiger partial charge in [0.05, 0.1) is 55.4 Å². The second kappa shape index (κ2) is 20.0. The SMILES string of the molecule is CC[C@H](C)[C@H]1O[C@@]2(C[C@@H]3C[C@@H](C/C=C(\C)[C@@H](O[C@H]4C[C@H](OC)[C@@H](O[C@H]5C[C@H](OC)[C@@H](O)[C@H](C)O5)[C@H](C)O4)[C@@H](C)/C=C/C=C4CO[C@@H]5[C@H](O)C(C)=C[C@@H](C(=O)O3)[C@]45O)O2)C[C@H](O)[C@@H]1C. The number of ether oxygens (including phenoxy) is 10. The fourth-order valence-corrected chi connectivity index (χ4v) is 11.0. The molecule has 0 amide bonds. The summed E-state index contributed by atoms with van der Waals surface area (Å²) in [6.07, 6.45) is 3.00. The van der Waals surface area contributed by atoms with Gasteiger partial charge in [-0.1, -0.05) is 64.5 Å². The van der Waals surface area contributed by atoms with Crippen molar-refractivity contribution in [2.75, 3.05) is 20.8 Å². The number of carbonyl (C=O) groups excluding carboxylic acids is 1. The quantitative estimate of drug-likeness (QED) is 0.196. The number of methoxy groups -OCH3 is 2. The Labute approximate surface area is 373 Å². The van der Waals surface area contributed by atoms with Crippen LogP contribution in [-0.4, -0.2) is 151 Å². The molecule has 15 nitrogen and oxygen atoms in total. The molecule has 7 rings (SSSR count). The molecule has 15 heteroatoms. The molecule has 0 radical (unpaired) electrons. The van der Waals surface area contributed by atoms with Crippen LogP contribution in [-0.2, 0) is 52.2 Å². The van der Waals surface area contributed by atoms with Crippen LogP contribution in [0.5, 0.6) is 0 Å². The molecule has 2 bridgehead atoms. The average Bonchev–Trinajstić information content (AvgIpc) is 3.59. The van der Waals surface area contributed by atoms with Crippen LogP contribution in [0.2, 0.25) is 0 Å². The molecule has 5 saturated heterocycles. The molecule has 21 atom stereocenters. The normalized spacial score (nSPS) is 49.2. The van der Waals surface area contributed by atoms with E-state index in [1.807, 2.05) is 39.8 Å². The number of esters is 1. The summed E-state index contributed by atoms with van der Waals surface area (Å²) in [4.78, 5) is 14.4. The van der Waals surface area contributed by atoms with Gasteiger partial charge in [0.2, 0.25) is 0 Å². The summed E-state index contributed by atoms with van der Waals surface area (Å²) >= 11 is 0. The maximum absolute atomic E-state index is 14.4. The monoisotopic (exact) mass is 891 g/mol. The Hall–Kier alpha value is -2.09. The van der Waals surface area contributed by atoms with Crippen LogP contribution in [0, 0.1) is 23.7 Å². The minimum absolute atomic E-state index is 0.0109. The molecule has 6 heterocycles. The molecule has 0 aromatic rings. The number of carbonyl (C=O) groups is 1. The number of allylic oxidation sites excluding steroid dienone is 2. The van der Waals surface area contributed by atoms with E-state index >= 15 is 0 Å². The van der Waals surface area contributed by atoms with Gasteiger partial charge in [0.1, 0.15) is 42.0 Å². The summed E-state index contributed by atoms with van der Waals surface area (Å²) in [6.45, 7) is 15.7. The van der Waals surface area contributed by atoms with Crippen LogP contribution in [0.15, 0.2) is 47.1 Å². The first-order valence-corrected chi connectivity index (χ1v) is 23.3. The van der Waals surface area contributed by atoms with Crippen molar-refractivity contribution in [1.29, 1.82) is 0 Å². The minimum atomic E-state index is -1.87. The van der Waals surface area contributed by atoms with Crippen LogP contribution < -0.4 is 0 Å². The topological polar surface area (TPSA) is 190 Å². The van der Waals surface area contributed by atoms with Crippen LogP contribution in [0.4, 0.5) is 0 Å². The number of rotatable bonds is 8. The summed E-state index contributed by atoms with van der Waals surface area (Å²) in [5.74, 6) is -3.19. The highest BCUT2D eigenvalue weighted by atomic mass is 16.7. The lowest BCUT2D eigenvalue weighted by atomic mass is 9.71. The van der Waals surface area contributed by atoms with Gasteiger partial charge in [-0.3, -0.25) is 4.79 Å². The number of aliphatic hydroxyl groups is 4. The van der Waals surface area contributed by atoms with Gasteiger partial charge in [-0.05, 0) is 56.8 Å². The van der Waals surface area contributed by atoms with E-state index in [-0.39, 0.29) is 43.3 Å². The Balaban J connectivity index is 1.19. The van der Waals surface area contributed by atoms with E-state index in [0.29, 0.717) is 36.8 Å². The van der Waals surface area contributed by atoms with Gasteiger partial charge in [0.15, 0.2) is 18.4 Å². The first kappa shape index (κ1) is 48.8. The van der Waals surface area contributed by atoms with Gasteiger partial charge in [0.25, 0.3) is 0 Å². The van der Waals surface area contributed by atoms with E-state index in [4.69, 9.17) is 47.4 Å². The van der Waals surface area contributed by atoms with E-state index in [1.54, 1.807) is 40.2 Å². The largest absolute Gasteiger partial charge is 0.462 e. The fraction of sp³-hybridized carbons (Fsp3) is 0.812. The Morgan fingerprint density at radius 3 is 2.30 bits per heavy atom. The minimum Gasteiger partial charge on any atom is -0.462 e. The zero-order valence-electron chi connectivity index (χ0n) is 38.8. The Kier molecular flexibility index (Phi) is 15.5. The Bertz CT molecular complexity index is 1710. The van der Waals surface area contributed by atoms with Crippen LogP contribution >= 0.6 is 0 Å². The van der Waals surface area contributed by atoms with Gasteiger partial charge in [-0.25, -0.2) is 0 Å². The summed E-state index contributed by atoms with van der Waals surface area (Å²) in [6, 6.07) is 0. The average molecular weight is 891 g/mol. The summed E-state index contributed by atoms with van der Waals surface area (Å²) in [5.41, 5.74) is 0.0234. The predicted molar refractivity (Wildman–Crippen MR) is 229 cm³/mol. The van der Waals surface area contributed by atoms with E-state index in [2.05, 4.69) is 19.9 Å². The van der Waals surface area contributed by atoms with Crippen molar-refractivity contribution in [1.82, 2.24) is 0 Å². The van der Waals surface area contributed by atoms with Gasteiger partial charge in [-0.15, -0.1) is 0 Å². The number of hydrogen-bond acceptors (Lipinski definition) is 15. The van der Waals surface area contributed by atoms with Crippen LogP contribution in [0.25, 0.3) is 0 Å². The molecular weight excluding hydrogens is 817 g/mol. The molecule has 1 spiro atoms. The van der Waals surface area contributed by atoms with E-state index in [1.165, 1.54) is 0 Å². The fourth-order valence-electron chi connectivity index (χ4n) is 11.0. The van der Waals surface area contributed by atoms with Crippen molar-refractivity contribution in [3.05, 3.63) is 47.1 Å². The third kappa shape index (κ3) is 9.98. The van der Waals surface area contributed by atoms with Crippen LogP contribution in [0.3, 0.4) is 0 Å². The first-order valence-electron chi connectivity index (χ1n) is 23.3. The van der Waals surface area contributed by atoms with Crippen molar-refractivity contribution >= 4 is 5.97 Å². The lowest BCUT2D eigenvalue weighted by Crippen LogP contribution is -2.60. The van der Waals surface area contributed by atoms with Crippen molar-refractivity contribution in [3.8, 4) is 0 Å². The molecule has 1 aliphatic carbocycles. The van der Waals surface area contributed by atoms with Crippen molar-refractivity contribution in [2.45, 2.75) is 204 Å². The van der Waals surface area contributed by atoms with Crippen molar-refractivity contribution in [2.24, 2.45) is 23.7 Å². The molecule has 63 heavy (non-hydrogen) atoms. The molecule has 356 valence electrons. The molecule has 0 saturated carbocycles. The molecule has 5 fully saturated rings. The Morgan fingerprint density at radius 1 is 0.889 bits per heavy atom. The van der Waals surface area contributed by atoms with Crippen molar-refractivity contribution < 1.29 is 72.6 Å². The molecule has 6 aliphatic heterocycles. The summed E-state index contributed by atoms with van der Waals surface area (Å²) < 4.78 is 63.6. The number of hydrogen-bond donors (Lipinski definition) is 4. The van der Waals surface area contributed by atoms with E-state index < -0.39 is 109 Å². The molecular formula is C48H74O15. The van der Waals surface area contributed by atoms with Gasteiger partial charge >= 0.3 is 5.97 Å². The molecule has 0 unspecified atom stereocenters. The maximum atomic E-state index is 14.4. The summed E-state index contributed by atoms with van der Waals surface area (Å²) in [5, 5.41) is 45.7. The van der Waals surface area contributed by atoms with Gasteiger partial charge in [-0.2, -0.15) is 0 Å². The highest BCUT2D eigenvalue weighted by molar-refractivity contribution is 5.78. The zero-order chi connectivity index (χ0) is 45.5. The Morgan fingerprint density at radius 2 is 1.59 bits per heavy atom. The predicted octanol–water partition coefficient (Wildman–Crippen LogP) is 4.57. The second-order valence-electron chi connectivity index (χ2n) is 19.5. The second-order valence-corrected chi connectivity index (χ2v) is 19.5. The van der Waals surface area contributed by atoms with E-state index in [0.717, 1.165) is 12.0 Å². The van der Waals surface area contributed by atoms with E-state index in [9.17, 15) is 25.2 Å². The smallest absolute Gasteiger partial charge is 0.316 e. The third-order valence-electron chi connectivity index (χ3n) is 15.0. The van der Waals surface area contributed by atoms with Crippen LogP contribution in [0.1, 0.15) is 100 Å². The molecule has 0 aromatic heterocycles. The summed E-state index contributed by atoms with van der Waals surface area (Å²) in [7, 11) is 3.20. The highest BCUT2D eigenvalue weighted by Crippen LogP contribution is 2.48. The maximum Gasteiger partial charge on any atom is 0.316 e. The molecule has 0 aromatic carbocycles. The molecule has 7 aliphatic rings. The van der Waals surface area contributed by atoms with Gasteiger partial charge in [0, 0.05) is 58.2 Å². The van der Waals surface area contributed by atoms with Gasteiger partial charge < -0.3 is 67.8 Å². The zero-order valence-corrected chi connectivity index (χ0v) is 38.8. The highest BCUT2D eigenvalue weighted by Gasteiger charge is 2.60. The molecule has 4 N–H and O–H groups in total. The number of aliphatic hydroxyl groups excluding tert-OH is 3. The lowest BCUT2D eigenvalue weighted by Gasteiger charge is -2.52.